The molecule has 0 bridgehead atoms. The van der Waals surface area contributed by atoms with Gasteiger partial charge in [-0.25, -0.2) is 12.8 Å². The highest BCUT2D eigenvalue weighted by molar-refractivity contribution is 7.93. The lowest BCUT2D eigenvalue weighted by atomic mass is 10.2. The fourth-order valence-electron chi connectivity index (χ4n) is 1.75. The normalized spacial score (nSPS) is 11.9. The van der Waals surface area contributed by atoms with Crippen molar-refractivity contribution in [2.24, 2.45) is 0 Å². The first-order valence-electron chi connectivity index (χ1n) is 6.06. The van der Waals surface area contributed by atoms with E-state index in [1.54, 1.807) is 24.3 Å². The van der Waals surface area contributed by atoms with Crippen LogP contribution in [-0.4, -0.2) is 8.42 Å². The van der Waals surface area contributed by atoms with Crippen LogP contribution in [0.5, 0.6) is 0 Å². The minimum Gasteiger partial charge on any atom is -0.398 e. The summed E-state index contributed by atoms with van der Waals surface area (Å²) in [6.07, 6.45) is 1.46. The summed E-state index contributed by atoms with van der Waals surface area (Å²) in [6, 6.07) is 10.5. The second kappa shape index (κ2) is 6.28. The first-order chi connectivity index (χ1) is 9.85. The summed E-state index contributed by atoms with van der Waals surface area (Å²) in [5.74, 6) is -0.779. The molecule has 0 radical (unpaired) electrons. The Morgan fingerprint density at radius 1 is 1.19 bits per heavy atom. The number of nitrogen functional groups attached to an aromatic ring is 1. The van der Waals surface area contributed by atoms with Crippen LogP contribution in [0, 0.1) is 5.82 Å². The third-order valence-electron chi connectivity index (χ3n) is 2.78. The van der Waals surface area contributed by atoms with Crippen molar-refractivity contribution in [1.29, 1.82) is 0 Å². The molecule has 0 spiro atoms. The molecule has 0 atom stereocenters. The first-order valence-corrected chi connectivity index (χ1v) is 8.15. The highest BCUT2D eigenvalue weighted by Crippen LogP contribution is 2.18. The Balaban J connectivity index is 2.19. The summed E-state index contributed by atoms with van der Waals surface area (Å²) >= 11 is 5.82. The fourth-order valence-corrected chi connectivity index (χ4v) is 3.11. The standard InChI is InChI=1S/C15H13ClFNO2S/c16-13-3-1-2-11(8-13)6-7-21(19,20)10-12-4-5-14(17)9-15(12)18/h1-9H,10,18H2. The van der Waals surface area contributed by atoms with E-state index in [0.29, 0.717) is 16.1 Å². The van der Waals surface area contributed by atoms with Crippen molar-refractivity contribution in [3.05, 3.63) is 69.8 Å². The molecule has 6 heteroatoms. The summed E-state index contributed by atoms with van der Waals surface area (Å²) in [6.45, 7) is 0. The minimum atomic E-state index is -3.51. The summed E-state index contributed by atoms with van der Waals surface area (Å²) < 4.78 is 37.0. The Bertz CT molecular complexity index is 788. The quantitative estimate of drug-likeness (QED) is 0.873. The number of hydrogen-bond acceptors (Lipinski definition) is 3. The molecule has 0 amide bonds. The van der Waals surface area contributed by atoms with Gasteiger partial charge in [0.2, 0.25) is 0 Å². The smallest absolute Gasteiger partial charge is 0.175 e. The van der Waals surface area contributed by atoms with Gasteiger partial charge < -0.3 is 5.73 Å². The van der Waals surface area contributed by atoms with Crippen molar-refractivity contribution < 1.29 is 12.8 Å². The van der Waals surface area contributed by atoms with Gasteiger partial charge in [-0.05, 0) is 41.5 Å². The first kappa shape index (κ1) is 15.5. The van der Waals surface area contributed by atoms with Gasteiger partial charge in [-0.3, -0.25) is 0 Å². The molecule has 2 aromatic carbocycles. The number of benzene rings is 2. The molecule has 0 aliphatic heterocycles. The van der Waals surface area contributed by atoms with Crippen LogP contribution >= 0.6 is 11.6 Å². The molecule has 2 aromatic rings. The number of rotatable bonds is 4. The molecule has 2 rings (SSSR count). The third kappa shape index (κ3) is 4.58. The van der Waals surface area contributed by atoms with Gasteiger partial charge in [0.25, 0.3) is 0 Å². The van der Waals surface area contributed by atoms with Crippen molar-refractivity contribution in [3.8, 4) is 0 Å². The topological polar surface area (TPSA) is 60.2 Å². The molecule has 21 heavy (non-hydrogen) atoms. The second-order valence-electron chi connectivity index (χ2n) is 4.51. The maximum absolute atomic E-state index is 12.9. The third-order valence-corrected chi connectivity index (χ3v) is 4.28. The monoisotopic (exact) mass is 325 g/mol. The molecule has 0 heterocycles. The molecular formula is C15H13ClFNO2S. The van der Waals surface area contributed by atoms with Crippen molar-refractivity contribution in [3.63, 3.8) is 0 Å². The molecule has 3 nitrogen and oxygen atoms in total. The Hall–Kier alpha value is -1.85. The molecule has 0 aromatic heterocycles. The van der Waals surface area contributed by atoms with Crippen LogP contribution < -0.4 is 5.73 Å². The minimum absolute atomic E-state index is 0.120. The molecule has 0 aliphatic carbocycles. The van der Waals surface area contributed by atoms with Crippen LogP contribution in [-0.2, 0) is 15.6 Å². The number of hydrogen-bond donors (Lipinski definition) is 1. The van der Waals surface area contributed by atoms with Crippen molar-refractivity contribution in [2.45, 2.75) is 5.75 Å². The highest BCUT2D eigenvalue weighted by Gasteiger charge is 2.11. The van der Waals surface area contributed by atoms with Gasteiger partial charge in [-0.1, -0.05) is 29.8 Å². The fraction of sp³-hybridized carbons (Fsp3) is 0.0667. The van der Waals surface area contributed by atoms with Gasteiger partial charge in [0, 0.05) is 16.1 Å². The molecule has 110 valence electrons. The lowest BCUT2D eigenvalue weighted by molar-refractivity contribution is 0.603. The van der Waals surface area contributed by atoms with E-state index in [9.17, 15) is 12.8 Å². The van der Waals surface area contributed by atoms with E-state index in [4.69, 9.17) is 17.3 Å². The van der Waals surface area contributed by atoms with Gasteiger partial charge in [0.1, 0.15) is 5.82 Å². The number of halogens is 2. The van der Waals surface area contributed by atoms with Gasteiger partial charge >= 0.3 is 0 Å². The Morgan fingerprint density at radius 3 is 2.62 bits per heavy atom. The van der Waals surface area contributed by atoms with Crippen molar-refractivity contribution in [1.82, 2.24) is 0 Å². The zero-order valence-corrected chi connectivity index (χ0v) is 12.5. The largest absolute Gasteiger partial charge is 0.398 e. The number of sulfone groups is 1. The van der Waals surface area contributed by atoms with Crippen LogP contribution in [0.1, 0.15) is 11.1 Å². The average Bonchev–Trinajstić information content (AvgIpc) is 2.40. The maximum Gasteiger partial charge on any atom is 0.175 e. The van der Waals surface area contributed by atoms with Gasteiger partial charge in [0.15, 0.2) is 9.84 Å². The summed E-state index contributed by atoms with van der Waals surface area (Å²) in [7, 11) is -3.51. The van der Waals surface area contributed by atoms with E-state index in [1.807, 2.05) is 0 Å². The highest BCUT2D eigenvalue weighted by atomic mass is 35.5. The average molecular weight is 326 g/mol. The van der Waals surface area contributed by atoms with Crippen LogP contribution in [0.4, 0.5) is 10.1 Å². The van der Waals surface area contributed by atoms with Crippen LogP contribution in [0.3, 0.4) is 0 Å². The van der Waals surface area contributed by atoms with E-state index in [2.05, 4.69) is 0 Å². The molecule has 0 aliphatic rings. The zero-order chi connectivity index (χ0) is 15.5. The second-order valence-corrected chi connectivity index (χ2v) is 6.83. The molecular weight excluding hydrogens is 313 g/mol. The predicted octanol–water partition coefficient (Wildman–Crippen LogP) is 3.65. The zero-order valence-electron chi connectivity index (χ0n) is 11.0. The van der Waals surface area contributed by atoms with Gasteiger partial charge in [-0.2, -0.15) is 0 Å². The number of anilines is 1. The van der Waals surface area contributed by atoms with E-state index < -0.39 is 15.7 Å². The summed E-state index contributed by atoms with van der Waals surface area (Å²) in [4.78, 5) is 0. The van der Waals surface area contributed by atoms with Crippen LogP contribution in [0.2, 0.25) is 5.02 Å². The molecule has 0 saturated heterocycles. The van der Waals surface area contributed by atoms with Crippen LogP contribution in [0.25, 0.3) is 6.08 Å². The summed E-state index contributed by atoms with van der Waals surface area (Å²) in [5.41, 5.74) is 6.78. The molecule has 0 fully saturated rings. The van der Waals surface area contributed by atoms with Crippen molar-refractivity contribution in [2.75, 3.05) is 5.73 Å². The summed E-state index contributed by atoms with van der Waals surface area (Å²) in [5, 5.41) is 1.62. The lowest BCUT2D eigenvalue weighted by Crippen LogP contribution is -2.03. The Labute approximate surface area is 127 Å². The molecule has 2 N–H and O–H groups in total. The van der Waals surface area contributed by atoms with E-state index in [1.165, 1.54) is 18.2 Å². The van der Waals surface area contributed by atoms with E-state index in [-0.39, 0.29) is 11.4 Å². The molecule has 0 unspecified atom stereocenters. The number of nitrogens with two attached hydrogens (primary N) is 1. The van der Waals surface area contributed by atoms with Gasteiger partial charge in [0.05, 0.1) is 5.75 Å². The van der Waals surface area contributed by atoms with Crippen molar-refractivity contribution >= 4 is 33.2 Å². The van der Waals surface area contributed by atoms with Gasteiger partial charge in [-0.15, -0.1) is 0 Å². The van der Waals surface area contributed by atoms with E-state index in [0.717, 1.165) is 11.5 Å². The SMILES string of the molecule is Nc1cc(F)ccc1CS(=O)(=O)C=Cc1cccc(Cl)c1. The Morgan fingerprint density at radius 2 is 1.95 bits per heavy atom. The van der Waals surface area contributed by atoms with E-state index >= 15 is 0 Å². The molecule has 0 saturated carbocycles. The Kier molecular flexibility index (Phi) is 4.65. The predicted molar refractivity (Wildman–Crippen MR) is 83.9 cm³/mol. The maximum atomic E-state index is 12.9. The lowest BCUT2D eigenvalue weighted by Gasteiger charge is -2.04. The van der Waals surface area contributed by atoms with Crippen LogP contribution in [0.15, 0.2) is 47.9 Å².